The van der Waals surface area contributed by atoms with Gasteiger partial charge in [0.25, 0.3) is 0 Å². The molecule has 24 heavy (non-hydrogen) atoms. The number of aliphatic hydroxyl groups excluding tert-OH is 1. The zero-order valence-corrected chi connectivity index (χ0v) is 14.0. The van der Waals surface area contributed by atoms with Crippen LogP contribution in [0.3, 0.4) is 0 Å². The normalized spacial score (nSPS) is 12.5. The van der Waals surface area contributed by atoms with Gasteiger partial charge in [0.15, 0.2) is 5.82 Å². The van der Waals surface area contributed by atoms with Crippen molar-refractivity contribution in [1.29, 1.82) is 0 Å². The van der Waals surface area contributed by atoms with Gasteiger partial charge in [0.2, 0.25) is 0 Å². The van der Waals surface area contributed by atoms with Crippen LogP contribution in [0, 0.1) is 6.92 Å². The number of rotatable bonds is 7. The average molecular weight is 326 g/mol. The number of nitrogens with zero attached hydrogens (tertiary/aromatic N) is 5. The molecule has 3 aromatic rings. The Hall–Kier alpha value is -2.54. The molecular formula is C17H22N6O. The lowest BCUT2D eigenvalue weighted by atomic mass is 10.2. The monoisotopic (exact) mass is 326 g/mol. The number of aliphatic hydroxyl groups is 1. The zero-order valence-electron chi connectivity index (χ0n) is 14.0. The Labute approximate surface area is 140 Å². The molecule has 7 nitrogen and oxygen atoms in total. The van der Waals surface area contributed by atoms with Gasteiger partial charge < -0.3 is 15.0 Å². The Morgan fingerprint density at radius 1 is 1.29 bits per heavy atom. The molecule has 0 saturated heterocycles. The Morgan fingerprint density at radius 3 is 2.88 bits per heavy atom. The van der Waals surface area contributed by atoms with Crippen LogP contribution in [-0.2, 0) is 6.54 Å². The fraction of sp³-hybridized carbons (Fsp3) is 0.412. The molecule has 3 rings (SSSR count). The summed E-state index contributed by atoms with van der Waals surface area (Å²) in [7, 11) is 0. The van der Waals surface area contributed by atoms with E-state index in [0.29, 0.717) is 12.4 Å². The van der Waals surface area contributed by atoms with Crippen LogP contribution in [0.2, 0.25) is 0 Å². The summed E-state index contributed by atoms with van der Waals surface area (Å²) in [6.45, 7) is 4.64. The summed E-state index contributed by atoms with van der Waals surface area (Å²) in [5.41, 5.74) is 2.66. The topological polar surface area (TPSA) is 88.8 Å². The number of nitrogens with one attached hydrogen (secondary N) is 1. The second kappa shape index (κ2) is 7.35. The van der Waals surface area contributed by atoms with Crippen molar-refractivity contribution in [2.75, 3.05) is 11.9 Å². The van der Waals surface area contributed by atoms with Gasteiger partial charge in [-0.15, -0.1) is 0 Å². The Morgan fingerprint density at radius 2 is 2.17 bits per heavy atom. The third kappa shape index (κ3) is 3.51. The van der Waals surface area contributed by atoms with Crippen LogP contribution in [-0.4, -0.2) is 42.5 Å². The SMILES string of the molecule is CCCC(CO)Nc1nc(C)nc2ccn(Cc3cccnn3)c12. The highest BCUT2D eigenvalue weighted by molar-refractivity contribution is 5.86. The third-order valence-corrected chi connectivity index (χ3v) is 3.88. The first kappa shape index (κ1) is 16.3. The van der Waals surface area contributed by atoms with Crippen LogP contribution in [0.25, 0.3) is 11.0 Å². The second-order valence-electron chi connectivity index (χ2n) is 5.82. The molecule has 7 heteroatoms. The summed E-state index contributed by atoms with van der Waals surface area (Å²) >= 11 is 0. The Kier molecular flexibility index (Phi) is 5.00. The summed E-state index contributed by atoms with van der Waals surface area (Å²) in [6.07, 6.45) is 5.51. The highest BCUT2D eigenvalue weighted by Gasteiger charge is 2.15. The quantitative estimate of drug-likeness (QED) is 0.691. The highest BCUT2D eigenvalue weighted by atomic mass is 16.3. The minimum absolute atomic E-state index is 0.0210. The third-order valence-electron chi connectivity index (χ3n) is 3.88. The maximum atomic E-state index is 9.58. The number of aromatic nitrogens is 5. The van der Waals surface area contributed by atoms with E-state index in [1.54, 1.807) is 6.20 Å². The summed E-state index contributed by atoms with van der Waals surface area (Å²) in [4.78, 5) is 9.06. The van der Waals surface area contributed by atoms with Gasteiger partial charge in [-0.05, 0) is 31.5 Å². The zero-order chi connectivity index (χ0) is 16.9. The molecule has 1 atom stereocenters. The van der Waals surface area contributed by atoms with Crippen molar-refractivity contribution in [2.24, 2.45) is 0 Å². The maximum absolute atomic E-state index is 9.58. The predicted octanol–water partition coefficient (Wildman–Crippen LogP) is 2.15. The molecule has 0 bridgehead atoms. The second-order valence-corrected chi connectivity index (χ2v) is 5.82. The fourth-order valence-corrected chi connectivity index (χ4v) is 2.80. The lowest BCUT2D eigenvalue weighted by Crippen LogP contribution is -2.24. The average Bonchev–Trinajstić information content (AvgIpc) is 2.98. The van der Waals surface area contributed by atoms with E-state index in [1.165, 1.54) is 0 Å². The molecular weight excluding hydrogens is 304 g/mol. The molecule has 0 aliphatic rings. The Balaban J connectivity index is 1.99. The molecule has 0 aliphatic carbocycles. The minimum atomic E-state index is -0.0210. The van der Waals surface area contributed by atoms with Gasteiger partial charge in [-0.3, -0.25) is 0 Å². The number of anilines is 1. The lowest BCUT2D eigenvalue weighted by molar-refractivity contribution is 0.268. The molecule has 1 unspecified atom stereocenters. The summed E-state index contributed by atoms with van der Waals surface area (Å²) < 4.78 is 2.06. The largest absolute Gasteiger partial charge is 0.394 e. The minimum Gasteiger partial charge on any atom is -0.394 e. The lowest BCUT2D eigenvalue weighted by Gasteiger charge is -2.18. The summed E-state index contributed by atoms with van der Waals surface area (Å²) in [5, 5.41) is 21.0. The van der Waals surface area contributed by atoms with Crippen molar-refractivity contribution in [1.82, 2.24) is 24.7 Å². The molecule has 2 N–H and O–H groups in total. The van der Waals surface area contributed by atoms with Crippen molar-refractivity contribution in [3.63, 3.8) is 0 Å². The maximum Gasteiger partial charge on any atom is 0.154 e. The van der Waals surface area contributed by atoms with E-state index in [9.17, 15) is 5.11 Å². The van der Waals surface area contributed by atoms with E-state index < -0.39 is 0 Å². The van der Waals surface area contributed by atoms with E-state index in [4.69, 9.17) is 0 Å². The first-order valence-electron chi connectivity index (χ1n) is 8.18. The van der Waals surface area contributed by atoms with Crippen molar-refractivity contribution in [2.45, 2.75) is 39.3 Å². The van der Waals surface area contributed by atoms with E-state index in [-0.39, 0.29) is 12.6 Å². The smallest absolute Gasteiger partial charge is 0.154 e. The molecule has 3 aromatic heterocycles. The van der Waals surface area contributed by atoms with E-state index in [1.807, 2.05) is 31.3 Å². The van der Waals surface area contributed by atoms with Crippen molar-refractivity contribution in [3.05, 3.63) is 42.1 Å². The fourth-order valence-electron chi connectivity index (χ4n) is 2.80. The first-order chi connectivity index (χ1) is 11.7. The molecule has 126 valence electrons. The van der Waals surface area contributed by atoms with Crippen molar-refractivity contribution < 1.29 is 5.11 Å². The van der Waals surface area contributed by atoms with E-state index in [0.717, 1.165) is 35.4 Å². The number of hydrogen-bond acceptors (Lipinski definition) is 6. The van der Waals surface area contributed by atoms with Gasteiger partial charge in [0.05, 0.1) is 30.4 Å². The van der Waals surface area contributed by atoms with Crippen LogP contribution in [0.4, 0.5) is 5.82 Å². The van der Waals surface area contributed by atoms with Gasteiger partial charge in [-0.1, -0.05) is 13.3 Å². The van der Waals surface area contributed by atoms with Crippen molar-refractivity contribution >= 4 is 16.9 Å². The van der Waals surface area contributed by atoms with E-state index >= 15 is 0 Å². The van der Waals surface area contributed by atoms with Crippen LogP contribution < -0.4 is 5.32 Å². The number of hydrogen-bond donors (Lipinski definition) is 2. The molecule has 0 aromatic carbocycles. The summed E-state index contributed by atoms with van der Waals surface area (Å²) in [6, 6.07) is 5.76. The number of fused-ring (bicyclic) bond motifs is 1. The molecule has 0 radical (unpaired) electrons. The van der Waals surface area contributed by atoms with Gasteiger partial charge in [-0.2, -0.15) is 10.2 Å². The molecule has 0 spiro atoms. The Bertz CT molecular complexity index is 801. The molecule has 3 heterocycles. The van der Waals surface area contributed by atoms with Crippen molar-refractivity contribution in [3.8, 4) is 0 Å². The molecule has 0 saturated carbocycles. The van der Waals surface area contributed by atoms with Gasteiger partial charge >= 0.3 is 0 Å². The highest BCUT2D eigenvalue weighted by Crippen LogP contribution is 2.23. The van der Waals surface area contributed by atoms with Gasteiger partial charge in [0, 0.05) is 12.4 Å². The molecule has 0 fully saturated rings. The molecule has 0 aliphatic heterocycles. The van der Waals surface area contributed by atoms with Crippen LogP contribution in [0.5, 0.6) is 0 Å². The summed E-state index contributed by atoms with van der Waals surface area (Å²) in [5.74, 6) is 1.45. The van der Waals surface area contributed by atoms with Gasteiger partial charge in [-0.25, -0.2) is 9.97 Å². The standard InChI is InChI=1S/C17H22N6O/c1-3-5-14(11-24)21-17-16-15(19-12(2)20-17)7-9-23(16)10-13-6-4-8-18-22-13/h4,6-9,14,24H,3,5,10-11H2,1-2H3,(H,19,20,21). The predicted molar refractivity (Wildman–Crippen MR) is 92.8 cm³/mol. The van der Waals surface area contributed by atoms with Gasteiger partial charge in [0.1, 0.15) is 11.3 Å². The van der Waals surface area contributed by atoms with Crippen LogP contribution in [0.15, 0.2) is 30.6 Å². The molecule has 0 amide bonds. The van der Waals surface area contributed by atoms with E-state index in [2.05, 4.69) is 37.0 Å². The van der Waals surface area contributed by atoms with Crippen LogP contribution >= 0.6 is 0 Å². The number of aryl methyl sites for hydroxylation is 1. The first-order valence-corrected chi connectivity index (χ1v) is 8.18. The van der Waals surface area contributed by atoms with Crippen LogP contribution in [0.1, 0.15) is 31.3 Å².